The average molecular weight is 605 g/mol. The Morgan fingerprint density at radius 2 is 1.00 bits per heavy atom. The summed E-state index contributed by atoms with van der Waals surface area (Å²) in [6.45, 7) is 0. The maximum atomic E-state index is 6.43. The lowest BCUT2D eigenvalue weighted by Crippen LogP contribution is -2.12. The van der Waals surface area contributed by atoms with E-state index in [0.717, 1.165) is 77.9 Å². The van der Waals surface area contributed by atoms with Gasteiger partial charge in [0.1, 0.15) is 16.7 Å². The summed E-state index contributed by atoms with van der Waals surface area (Å²) in [5.74, 6) is 0.575. The van der Waals surface area contributed by atoms with Gasteiger partial charge in [0.2, 0.25) is 5.89 Å². The van der Waals surface area contributed by atoms with Crippen LogP contribution in [0.1, 0.15) is 0 Å². The van der Waals surface area contributed by atoms with Gasteiger partial charge >= 0.3 is 0 Å². The number of para-hydroxylation sites is 4. The van der Waals surface area contributed by atoms with Crippen molar-refractivity contribution in [2.24, 2.45) is 0 Å². The minimum Gasteiger partial charge on any atom is -0.456 e. The molecule has 0 bridgehead atoms. The molecule has 0 fully saturated rings. The third-order valence-corrected chi connectivity index (χ3v) is 8.72. The molecule has 0 saturated carbocycles. The number of hydrogen-bond donors (Lipinski definition) is 0. The van der Waals surface area contributed by atoms with Crippen LogP contribution < -0.4 is 4.90 Å². The standard InChI is InChI=1S/C43H28N2O2/c1-3-14-29(15-4-1)32-18-7-10-22-37(32)45(38-23-11-8-19-33(38)30-16-5-2-6-17-30)31-26-27-39-35(28-31)42-34(20-13-25-41(42)46-39)43-44-36-21-9-12-24-40(36)47-43/h1-28H. The Morgan fingerprint density at radius 3 is 1.68 bits per heavy atom. The molecular formula is C43H28N2O2. The van der Waals surface area contributed by atoms with E-state index in [-0.39, 0.29) is 0 Å². The molecule has 4 heteroatoms. The normalized spacial score (nSPS) is 11.4. The van der Waals surface area contributed by atoms with Gasteiger partial charge < -0.3 is 13.7 Å². The van der Waals surface area contributed by atoms with Crippen molar-refractivity contribution in [3.05, 3.63) is 170 Å². The number of anilines is 3. The Kier molecular flexibility index (Phi) is 6.43. The summed E-state index contributed by atoms with van der Waals surface area (Å²) in [5, 5.41) is 1.97. The molecule has 0 atom stereocenters. The number of aromatic nitrogens is 1. The van der Waals surface area contributed by atoms with Gasteiger partial charge in [-0.3, -0.25) is 0 Å². The Hall–Kier alpha value is -6.39. The summed E-state index contributed by atoms with van der Waals surface area (Å²) >= 11 is 0. The SMILES string of the molecule is c1ccc(-c2ccccc2N(c2ccc3oc4cccc(-c5nc6ccccc6o5)c4c3c2)c2ccccc2-c2ccccc2)cc1. The van der Waals surface area contributed by atoms with Crippen molar-refractivity contribution >= 4 is 50.1 Å². The van der Waals surface area contributed by atoms with Crippen LogP contribution in [0.5, 0.6) is 0 Å². The van der Waals surface area contributed by atoms with Gasteiger partial charge in [0.25, 0.3) is 0 Å². The van der Waals surface area contributed by atoms with Crippen LogP contribution in [-0.2, 0) is 0 Å². The van der Waals surface area contributed by atoms with Gasteiger partial charge in [0.15, 0.2) is 5.58 Å². The predicted molar refractivity (Wildman–Crippen MR) is 192 cm³/mol. The van der Waals surface area contributed by atoms with Crippen molar-refractivity contribution in [1.29, 1.82) is 0 Å². The number of rotatable bonds is 6. The smallest absolute Gasteiger partial charge is 0.228 e. The summed E-state index contributed by atoms with van der Waals surface area (Å²) < 4.78 is 12.7. The van der Waals surface area contributed by atoms with E-state index in [9.17, 15) is 0 Å². The van der Waals surface area contributed by atoms with E-state index in [1.807, 2.05) is 36.4 Å². The van der Waals surface area contributed by atoms with Gasteiger partial charge in [0.05, 0.1) is 11.4 Å². The molecular weight excluding hydrogens is 576 g/mol. The monoisotopic (exact) mass is 604 g/mol. The van der Waals surface area contributed by atoms with Crippen LogP contribution in [0.4, 0.5) is 17.1 Å². The maximum absolute atomic E-state index is 6.43. The van der Waals surface area contributed by atoms with E-state index in [4.69, 9.17) is 13.8 Å². The molecule has 9 aromatic rings. The molecule has 2 aromatic heterocycles. The van der Waals surface area contributed by atoms with Crippen LogP contribution in [0.15, 0.2) is 179 Å². The van der Waals surface area contributed by atoms with Gasteiger partial charge in [0, 0.05) is 33.2 Å². The van der Waals surface area contributed by atoms with Crippen molar-refractivity contribution < 1.29 is 8.83 Å². The zero-order chi connectivity index (χ0) is 31.2. The molecule has 0 N–H and O–H groups in total. The summed E-state index contributed by atoms with van der Waals surface area (Å²) in [4.78, 5) is 7.21. The van der Waals surface area contributed by atoms with Crippen LogP contribution in [0, 0.1) is 0 Å². The summed E-state index contributed by atoms with van der Waals surface area (Å²) in [6.07, 6.45) is 0. The zero-order valence-corrected chi connectivity index (χ0v) is 25.4. The van der Waals surface area contributed by atoms with Crippen LogP contribution >= 0.6 is 0 Å². The van der Waals surface area contributed by atoms with Gasteiger partial charge in [-0.1, -0.05) is 115 Å². The second-order valence-electron chi connectivity index (χ2n) is 11.5. The van der Waals surface area contributed by atoms with E-state index in [1.165, 1.54) is 0 Å². The van der Waals surface area contributed by atoms with Crippen molar-refractivity contribution in [3.63, 3.8) is 0 Å². The number of fused-ring (bicyclic) bond motifs is 4. The van der Waals surface area contributed by atoms with E-state index in [0.29, 0.717) is 5.89 Å². The van der Waals surface area contributed by atoms with Crippen LogP contribution in [0.2, 0.25) is 0 Å². The van der Waals surface area contributed by atoms with Crippen LogP contribution in [0.3, 0.4) is 0 Å². The molecule has 0 spiro atoms. The number of benzene rings is 7. The van der Waals surface area contributed by atoms with E-state index in [2.05, 4.69) is 138 Å². The average Bonchev–Trinajstić information content (AvgIpc) is 3.75. The summed E-state index contributed by atoms with van der Waals surface area (Å²) in [7, 11) is 0. The highest BCUT2D eigenvalue weighted by atomic mass is 16.3. The third-order valence-electron chi connectivity index (χ3n) is 8.72. The molecule has 47 heavy (non-hydrogen) atoms. The predicted octanol–water partition coefficient (Wildman–Crippen LogP) is 12.2. The fraction of sp³-hybridized carbons (Fsp3) is 0. The highest BCUT2D eigenvalue weighted by Crippen LogP contribution is 2.46. The number of furan rings is 1. The minimum absolute atomic E-state index is 0.575. The number of hydrogen-bond acceptors (Lipinski definition) is 4. The highest BCUT2D eigenvalue weighted by Gasteiger charge is 2.23. The van der Waals surface area contributed by atoms with E-state index in [1.54, 1.807) is 0 Å². The highest BCUT2D eigenvalue weighted by molar-refractivity contribution is 6.13. The molecule has 0 radical (unpaired) electrons. The lowest BCUT2D eigenvalue weighted by molar-refractivity contribution is 0.620. The van der Waals surface area contributed by atoms with Gasteiger partial charge in [-0.2, -0.15) is 0 Å². The molecule has 0 saturated heterocycles. The largest absolute Gasteiger partial charge is 0.456 e. The molecule has 222 valence electrons. The van der Waals surface area contributed by atoms with Crippen molar-refractivity contribution in [1.82, 2.24) is 4.98 Å². The van der Waals surface area contributed by atoms with E-state index < -0.39 is 0 Å². The molecule has 9 rings (SSSR count). The second-order valence-corrected chi connectivity index (χ2v) is 11.5. The van der Waals surface area contributed by atoms with Crippen LogP contribution in [0.25, 0.3) is 66.7 Å². The molecule has 0 unspecified atom stereocenters. The first-order valence-corrected chi connectivity index (χ1v) is 15.7. The second kappa shape index (κ2) is 11.2. The maximum Gasteiger partial charge on any atom is 0.228 e. The first-order valence-electron chi connectivity index (χ1n) is 15.7. The van der Waals surface area contributed by atoms with Gasteiger partial charge in [-0.15, -0.1) is 0 Å². The Labute approximate surface area is 271 Å². The Morgan fingerprint density at radius 1 is 0.426 bits per heavy atom. The first-order chi connectivity index (χ1) is 23.3. The summed E-state index contributed by atoms with van der Waals surface area (Å²) in [6, 6.07) is 58.7. The zero-order valence-electron chi connectivity index (χ0n) is 25.4. The summed E-state index contributed by atoms with van der Waals surface area (Å²) in [5.41, 5.74) is 11.8. The molecule has 4 nitrogen and oxygen atoms in total. The van der Waals surface area contributed by atoms with Gasteiger partial charge in [-0.25, -0.2) is 4.98 Å². The fourth-order valence-electron chi connectivity index (χ4n) is 6.59. The van der Waals surface area contributed by atoms with Crippen molar-refractivity contribution in [3.8, 4) is 33.7 Å². The lowest BCUT2D eigenvalue weighted by Gasteiger charge is -2.30. The van der Waals surface area contributed by atoms with E-state index >= 15 is 0 Å². The Balaban J connectivity index is 1.31. The molecule has 0 aliphatic heterocycles. The molecule has 0 amide bonds. The number of oxazole rings is 1. The molecule has 0 aliphatic rings. The molecule has 2 heterocycles. The van der Waals surface area contributed by atoms with Crippen molar-refractivity contribution in [2.45, 2.75) is 0 Å². The fourth-order valence-corrected chi connectivity index (χ4v) is 6.59. The number of nitrogens with zero attached hydrogens (tertiary/aromatic N) is 2. The molecule has 0 aliphatic carbocycles. The lowest BCUT2D eigenvalue weighted by atomic mass is 9.98. The third kappa shape index (κ3) is 4.66. The molecule has 7 aromatic carbocycles. The van der Waals surface area contributed by atoms with Gasteiger partial charge in [-0.05, 0) is 65.7 Å². The quantitative estimate of drug-likeness (QED) is 0.189. The minimum atomic E-state index is 0.575. The van der Waals surface area contributed by atoms with Crippen LogP contribution in [-0.4, -0.2) is 4.98 Å². The Bertz CT molecular complexity index is 2410. The van der Waals surface area contributed by atoms with Crippen molar-refractivity contribution in [2.75, 3.05) is 4.90 Å². The topological polar surface area (TPSA) is 42.4 Å². The first kappa shape index (κ1) is 27.0.